The Labute approximate surface area is 200 Å². The number of hydrogen-bond acceptors (Lipinski definition) is 2. The lowest BCUT2D eigenvalue weighted by Crippen LogP contribution is -2.11. The van der Waals surface area contributed by atoms with Gasteiger partial charge in [0.1, 0.15) is 23.0 Å². The van der Waals surface area contributed by atoms with E-state index in [0.29, 0.717) is 0 Å². The standard InChI is InChI=1S/C32H28O2/c1-5-7-25-21(4)33-32-26(17-24(18-29(25)32)22-9-6-8-19(2)14-22)23-11-13-31-28(16-23)27-15-20(3)10-12-30(27)34-31/h5-18,21,25H,1-4H3/b7-5-. The van der Waals surface area contributed by atoms with E-state index in [1.807, 2.05) is 0 Å². The molecule has 0 radical (unpaired) electrons. The van der Waals surface area contributed by atoms with Crippen LogP contribution in [0, 0.1) is 13.8 Å². The Balaban J connectivity index is 1.61. The van der Waals surface area contributed by atoms with Gasteiger partial charge in [-0.3, -0.25) is 0 Å². The average Bonchev–Trinajstić information content (AvgIpc) is 3.35. The van der Waals surface area contributed by atoms with Crippen molar-refractivity contribution in [3.8, 4) is 28.0 Å². The van der Waals surface area contributed by atoms with Crippen LogP contribution in [0.4, 0.5) is 0 Å². The summed E-state index contributed by atoms with van der Waals surface area (Å²) in [6, 6.07) is 26.2. The van der Waals surface area contributed by atoms with E-state index in [1.165, 1.54) is 27.8 Å². The van der Waals surface area contributed by atoms with E-state index >= 15 is 0 Å². The molecule has 1 aromatic heterocycles. The minimum Gasteiger partial charge on any atom is -0.489 e. The Morgan fingerprint density at radius 2 is 1.50 bits per heavy atom. The largest absolute Gasteiger partial charge is 0.489 e. The number of ether oxygens (including phenoxy) is 1. The smallest absolute Gasteiger partial charge is 0.135 e. The highest BCUT2D eigenvalue weighted by atomic mass is 16.5. The van der Waals surface area contributed by atoms with E-state index in [2.05, 4.69) is 113 Å². The molecule has 0 spiro atoms. The first kappa shape index (κ1) is 20.8. The van der Waals surface area contributed by atoms with Crippen LogP contribution in [0.1, 0.15) is 36.5 Å². The normalized spacial score (nSPS) is 17.5. The van der Waals surface area contributed by atoms with Crippen LogP contribution < -0.4 is 4.74 Å². The number of rotatable bonds is 3. The van der Waals surface area contributed by atoms with Gasteiger partial charge in [-0.1, -0.05) is 59.7 Å². The number of benzene rings is 4. The second-order valence-electron chi connectivity index (χ2n) is 9.50. The van der Waals surface area contributed by atoms with Gasteiger partial charge in [-0.25, -0.2) is 0 Å². The molecule has 5 aromatic rings. The van der Waals surface area contributed by atoms with E-state index in [0.717, 1.165) is 38.8 Å². The summed E-state index contributed by atoms with van der Waals surface area (Å²) in [5, 5.41) is 2.30. The van der Waals surface area contributed by atoms with Crippen molar-refractivity contribution >= 4 is 21.9 Å². The number of furan rings is 1. The monoisotopic (exact) mass is 444 g/mol. The van der Waals surface area contributed by atoms with Gasteiger partial charge in [0.15, 0.2) is 0 Å². The van der Waals surface area contributed by atoms with Crippen molar-refractivity contribution in [3.05, 3.63) is 102 Å². The molecule has 2 nitrogen and oxygen atoms in total. The summed E-state index contributed by atoms with van der Waals surface area (Å²) in [6.45, 7) is 8.51. The van der Waals surface area contributed by atoms with Crippen LogP contribution in [0.3, 0.4) is 0 Å². The zero-order valence-corrected chi connectivity index (χ0v) is 20.1. The van der Waals surface area contributed by atoms with Crippen LogP contribution >= 0.6 is 0 Å². The zero-order chi connectivity index (χ0) is 23.4. The highest BCUT2D eigenvalue weighted by molar-refractivity contribution is 6.06. The van der Waals surface area contributed by atoms with Gasteiger partial charge in [-0.05, 0) is 80.8 Å². The third-order valence-corrected chi connectivity index (χ3v) is 6.97. The average molecular weight is 445 g/mol. The van der Waals surface area contributed by atoms with Gasteiger partial charge in [-0.15, -0.1) is 0 Å². The Kier molecular flexibility index (Phi) is 4.84. The molecule has 0 amide bonds. The van der Waals surface area contributed by atoms with Gasteiger partial charge < -0.3 is 9.15 Å². The molecular weight excluding hydrogens is 416 g/mol. The number of hydrogen-bond donors (Lipinski definition) is 0. The summed E-state index contributed by atoms with van der Waals surface area (Å²) in [6.07, 6.45) is 4.49. The lowest BCUT2D eigenvalue weighted by Gasteiger charge is -2.13. The summed E-state index contributed by atoms with van der Waals surface area (Å²) in [7, 11) is 0. The van der Waals surface area contributed by atoms with Gasteiger partial charge in [0, 0.05) is 27.8 Å². The van der Waals surface area contributed by atoms with E-state index < -0.39 is 0 Å². The Morgan fingerprint density at radius 1 is 0.735 bits per heavy atom. The van der Waals surface area contributed by atoms with Gasteiger partial charge in [-0.2, -0.15) is 0 Å². The van der Waals surface area contributed by atoms with E-state index in [-0.39, 0.29) is 12.0 Å². The van der Waals surface area contributed by atoms with Crippen molar-refractivity contribution in [3.63, 3.8) is 0 Å². The molecule has 1 aliphatic heterocycles. The maximum atomic E-state index is 6.50. The molecule has 0 saturated carbocycles. The molecule has 1 aliphatic rings. The molecule has 6 rings (SSSR count). The first-order chi connectivity index (χ1) is 16.5. The molecule has 0 bridgehead atoms. The first-order valence-corrected chi connectivity index (χ1v) is 12.0. The molecule has 2 unspecified atom stereocenters. The van der Waals surface area contributed by atoms with Crippen molar-refractivity contribution in [2.45, 2.75) is 39.7 Å². The van der Waals surface area contributed by atoms with Crippen LogP contribution in [-0.4, -0.2) is 6.10 Å². The first-order valence-electron chi connectivity index (χ1n) is 12.0. The Hall–Kier alpha value is -3.78. The molecule has 0 saturated heterocycles. The SMILES string of the molecule is C/C=C\C1c2cc(-c3cccc(C)c3)cc(-c3ccc4oc5ccc(C)cc5c4c3)c2OC1C. The number of fused-ring (bicyclic) bond motifs is 4. The summed E-state index contributed by atoms with van der Waals surface area (Å²) < 4.78 is 12.6. The zero-order valence-electron chi connectivity index (χ0n) is 20.1. The second kappa shape index (κ2) is 7.92. The van der Waals surface area contributed by atoms with Crippen LogP contribution in [0.5, 0.6) is 5.75 Å². The third kappa shape index (κ3) is 3.33. The van der Waals surface area contributed by atoms with Gasteiger partial charge in [0.25, 0.3) is 0 Å². The minimum atomic E-state index is 0.0962. The lowest BCUT2D eigenvalue weighted by molar-refractivity contribution is 0.242. The fourth-order valence-corrected chi connectivity index (χ4v) is 5.27. The van der Waals surface area contributed by atoms with Crippen LogP contribution in [0.15, 0.2) is 89.4 Å². The van der Waals surface area contributed by atoms with Gasteiger partial charge in [0.2, 0.25) is 0 Å². The van der Waals surface area contributed by atoms with Crippen LogP contribution in [-0.2, 0) is 0 Å². The van der Waals surface area contributed by atoms with Gasteiger partial charge in [0.05, 0.1) is 0 Å². The molecule has 4 aromatic carbocycles. The topological polar surface area (TPSA) is 22.4 Å². The van der Waals surface area contributed by atoms with Gasteiger partial charge >= 0.3 is 0 Å². The fraction of sp³-hybridized carbons (Fsp3) is 0.188. The van der Waals surface area contributed by atoms with Crippen molar-refractivity contribution in [2.75, 3.05) is 0 Å². The molecule has 2 atom stereocenters. The summed E-state index contributed by atoms with van der Waals surface area (Å²) >= 11 is 0. The van der Waals surface area contributed by atoms with E-state index in [9.17, 15) is 0 Å². The lowest BCUT2D eigenvalue weighted by atomic mass is 9.88. The van der Waals surface area contributed by atoms with Crippen molar-refractivity contribution in [1.82, 2.24) is 0 Å². The summed E-state index contributed by atoms with van der Waals surface area (Å²) in [4.78, 5) is 0. The maximum Gasteiger partial charge on any atom is 0.135 e. The molecule has 34 heavy (non-hydrogen) atoms. The molecule has 168 valence electrons. The predicted octanol–water partition coefficient (Wildman–Crippen LogP) is 8.98. The van der Waals surface area contributed by atoms with E-state index in [1.54, 1.807) is 0 Å². The molecule has 0 aliphatic carbocycles. The third-order valence-electron chi connectivity index (χ3n) is 6.97. The summed E-state index contributed by atoms with van der Waals surface area (Å²) in [5.41, 5.74) is 10.3. The predicted molar refractivity (Wildman–Crippen MR) is 142 cm³/mol. The maximum absolute atomic E-state index is 6.50. The molecule has 2 heteroatoms. The second-order valence-corrected chi connectivity index (χ2v) is 9.50. The minimum absolute atomic E-state index is 0.0962. The number of aryl methyl sites for hydroxylation is 2. The Bertz CT molecular complexity index is 1580. The molecular formula is C32H28O2. The molecule has 0 N–H and O–H groups in total. The highest BCUT2D eigenvalue weighted by Gasteiger charge is 2.32. The molecule has 0 fully saturated rings. The summed E-state index contributed by atoms with van der Waals surface area (Å²) in [5.74, 6) is 1.24. The van der Waals surface area contributed by atoms with E-state index in [4.69, 9.17) is 9.15 Å². The number of allylic oxidation sites excluding steroid dienone is 1. The fourth-order valence-electron chi connectivity index (χ4n) is 5.27. The quantitative estimate of drug-likeness (QED) is 0.259. The van der Waals surface area contributed by atoms with Crippen molar-refractivity contribution in [1.29, 1.82) is 0 Å². The van der Waals surface area contributed by atoms with Crippen molar-refractivity contribution in [2.24, 2.45) is 0 Å². The molecule has 2 heterocycles. The van der Waals surface area contributed by atoms with Crippen LogP contribution in [0.25, 0.3) is 44.2 Å². The Morgan fingerprint density at radius 3 is 2.29 bits per heavy atom. The highest BCUT2D eigenvalue weighted by Crippen LogP contribution is 2.48. The van der Waals surface area contributed by atoms with Crippen LogP contribution in [0.2, 0.25) is 0 Å². The van der Waals surface area contributed by atoms with Crippen molar-refractivity contribution < 1.29 is 9.15 Å².